The monoisotopic (exact) mass is 222 g/mol. The number of hydrogen-bond donors (Lipinski definition) is 0. The van der Waals surface area contributed by atoms with Gasteiger partial charge in [-0.05, 0) is 6.92 Å². The predicted molar refractivity (Wildman–Crippen MR) is 55.9 cm³/mol. The molecule has 0 N–H and O–H groups in total. The van der Waals surface area contributed by atoms with E-state index >= 15 is 0 Å². The fourth-order valence-electron chi connectivity index (χ4n) is 1.23. The third-order valence-electron chi connectivity index (χ3n) is 2.12. The fourth-order valence-corrected chi connectivity index (χ4v) is 1.23. The molecule has 0 bridgehead atoms. The molecule has 86 valence electrons. The van der Waals surface area contributed by atoms with Crippen LogP contribution in [-0.2, 0) is 19.6 Å². The molecule has 0 saturated carbocycles. The Bertz CT molecular complexity index is 407. The van der Waals surface area contributed by atoms with Crippen LogP contribution in [0.1, 0.15) is 25.6 Å². The summed E-state index contributed by atoms with van der Waals surface area (Å²) >= 11 is 0. The van der Waals surface area contributed by atoms with E-state index in [1.165, 1.54) is 0 Å². The van der Waals surface area contributed by atoms with Crippen molar-refractivity contribution >= 4 is 0 Å². The summed E-state index contributed by atoms with van der Waals surface area (Å²) in [5.74, 6) is 1.89. The maximum absolute atomic E-state index is 5.45. The van der Waals surface area contributed by atoms with E-state index in [1.54, 1.807) is 10.9 Å². The van der Waals surface area contributed by atoms with Crippen molar-refractivity contribution in [2.24, 2.45) is 0 Å². The van der Waals surface area contributed by atoms with Crippen molar-refractivity contribution < 1.29 is 9.26 Å². The summed E-state index contributed by atoms with van der Waals surface area (Å²) in [6, 6.07) is 0. The highest BCUT2D eigenvalue weighted by atomic mass is 16.5. The van der Waals surface area contributed by atoms with Crippen molar-refractivity contribution in [3.63, 3.8) is 0 Å². The van der Waals surface area contributed by atoms with Gasteiger partial charge in [0.15, 0.2) is 18.2 Å². The number of ether oxygens (including phenoxy) is 1. The van der Waals surface area contributed by atoms with Gasteiger partial charge < -0.3 is 9.26 Å². The average Bonchev–Trinajstić information content (AvgIpc) is 2.95. The summed E-state index contributed by atoms with van der Waals surface area (Å²) in [7, 11) is 0. The molecule has 0 fully saturated rings. The highest BCUT2D eigenvalue weighted by Crippen LogP contribution is 2.10. The van der Waals surface area contributed by atoms with Crippen molar-refractivity contribution in [3.8, 4) is 5.75 Å². The first-order valence-corrected chi connectivity index (χ1v) is 5.28. The van der Waals surface area contributed by atoms with Crippen LogP contribution in [0.2, 0.25) is 0 Å². The third-order valence-corrected chi connectivity index (χ3v) is 2.12. The largest absolute Gasteiger partial charge is 0.480 e. The van der Waals surface area contributed by atoms with E-state index in [2.05, 4.69) is 15.2 Å². The molecule has 0 saturated heterocycles. The van der Waals surface area contributed by atoms with Gasteiger partial charge in [-0.15, -0.1) is 0 Å². The van der Waals surface area contributed by atoms with E-state index in [0.29, 0.717) is 17.5 Å². The lowest BCUT2D eigenvalue weighted by Gasteiger charge is -1.97. The van der Waals surface area contributed by atoms with Crippen molar-refractivity contribution in [2.45, 2.75) is 33.4 Å². The van der Waals surface area contributed by atoms with E-state index in [9.17, 15) is 0 Å². The van der Waals surface area contributed by atoms with Crippen LogP contribution in [0.25, 0.3) is 0 Å². The molecule has 0 radical (unpaired) electrons. The van der Waals surface area contributed by atoms with Gasteiger partial charge in [0.25, 0.3) is 5.89 Å². The third kappa shape index (κ3) is 2.39. The number of nitrogens with zero attached hydrogens (tertiary/aromatic N) is 4. The van der Waals surface area contributed by atoms with Crippen LogP contribution in [0, 0.1) is 0 Å². The maximum atomic E-state index is 5.45. The molecule has 0 aliphatic rings. The molecule has 0 amide bonds. The molecular weight excluding hydrogens is 208 g/mol. The van der Waals surface area contributed by atoms with E-state index in [-0.39, 0.29) is 6.61 Å². The summed E-state index contributed by atoms with van der Waals surface area (Å²) in [6.45, 7) is 5.09. The minimum absolute atomic E-state index is 0.280. The van der Waals surface area contributed by atoms with Gasteiger partial charge in [0.05, 0.1) is 12.4 Å². The zero-order valence-corrected chi connectivity index (χ0v) is 9.38. The van der Waals surface area contributed by atoms with Gasteiger partial charge in [-0.25, -0.2) is 0 Å². The van der Waals surface area contributed by atoms with E-state index < -0.39 is 0 Å². The second-order valence-electron chi connectivity index (χ2n) is 3.28. The Kier molecular flexibility index (Phi) is 3.19. The lowest BCUT2D eigenvalue weighted by atomic mass is 10.5. The molecule has 2 rings (SSSR count). The van der Waals surface area contributed by atoms with Crippen LogP contribution in [0.3, 0.4) is 0 Å². The molecule has 0 aromatic carbocycles. The molecule has 6 nitrogen and oxygen atoms in total. The van der Waals surface area contributed by atoms with Crippen molar-refractivity contribution in [1.82, 2.24) is 19.9 Å². The first-order chi connectivity index (χ1) is 7.81. The normalized spacial score (nSPS) is 10.6. The van der Waals surface area contributed by atoms with E-state index in [0.717, 1.165) is 13.0 Å². The standard InChI is InChI=1S/C10H14N4O2/c1-3-9-12-10(16-13-9)7-15-8-5-11-14(4-2)6-8/h5-6H,3-4,7H2,1-2H3. The fraction of sp³-hybridized carbons (Fsp3) is 0.500. The first kappa shape index (κ1) is 10.7. The highest BCUT2D eigenvalue weighted by molar-refractivity contribution is 5.11. The summed E-state index contributed by atoms with van der Waals surface area (Å²) < 4.78 is 12.2. The van der Waals surface area contributed by atoms with Gasteiger partial charge in [-0.2, -0.15) is 10.1 Å². The second kappa shape index (κ2) is 4.78. The van der Waals surface area contributed by atoms with Crippen LogP contribution >= 0.6 is 0 Å². The van der Waals surface area contributed by atoms with Crippen molar-refractivity contribution in [2.75, 3.05) is 0 Å². The van der Waals surface area contributed by atoms with Gasteiger partial charge >= 0.3 is 0 Å². The highest BCUT2D eigenvalue weighted by Gasteiger charge is 2.06. The quantitative estimate of drug-likeness (QED) is 0.765. The molecule has 0 aliphatic carbocycles. The lowest BCUT2D eigenvalue weighted by Crippen LogP contribution is -1.95. The Hall–Kier alpha value is -1.85. The molecule has 2 heterocycles. The molecule has 2 aromatic rings. The van der Waals surface area contributed by atoms with Crippen LogP contribution in [0.15, 0.2) is 16.9 Å². The molecular formula is C10H14N4O2. The van der Waals surface area contributed by atoms with Gasteiger partial charge in [-0.3, -0.25) is 4.68 Å². The molecule has 0 atom stereocenters. The molecule has 6 heteroatoms. The topological polar surface area (TPSA) is 66.0 Å². The van der Waals surface area contributed by atoms with E-state index in [1.807, 2.05) is 20.0 Å². The lowest BCUT2D eigenvalue weighted by molar-refractivity contribution is 0.242. The Labute approximate surface area is 93.2 Å². The number of hydrogen-bond acceptors (Lipinski definition) is 5. The van der Waals surface area contributed by atoms with Crippen LogP contribution in [-0.4, -0.2) is 19.9 Å². The Morgan fingerprint density at radius 2 is 2.31 bits per heavy atom. The summed E-state index contributed by atoms with van der Waals surface area (Å²) in [5, 5.41) is 7.87. The first-order valence-electron chi connectivity index (χ1n) is 5.28. The van der Waals surface area contributed by atoms with Crippen LogP contribution in [0.4, 0.5) is 0 Å². The van der Waals surface area contributed by atoms with Crippen molar-refractivity contribution in [3.05, 3.63) is 24.1 Å². The maximum Gasteiger partial charge on any atom is 0.264 e. The smallest absolute Gasteiger partial charge is 0.264 e. The second-order valence-corrected chi connectivity index (χ2v) is 3.28. The number of aryl methyl sites for hydroxylation is 2. The molecule has 0 aliphatic heterocycles. The Balaban J connectivity index is 1.91. The molecule has 16 heavy (non-hydrogen) atoms. The van der Waals surface area contributed by atoms with Gasteiger partial charge in [0, 0.05) is 13.0 Å². The average molecular weight is 222 g/mol. The zero-order chi connectivity index (χ0) is 11.4. The zero-order valence-electron chi connectivity index (χ0n) is 9.38. The van der Waals surface area contributed by atoms with Gasteiger partial charge in [-0.1, -0.05) is 12.1 Å². The van der Waals surface area contributed by atoms with E-state index in [4.69, 9.17) is 9.26 Å². The summed E-state index contributed by atoms with van der Waals surface area (Å²) in [5.41, 5.74) is 0. The molecule has 2 aromatic heterocycles. The van der Waals surface area contributed by atoms with Crippen LogP contribution < -0.4 is 4.74 Å². The predicted octanol–water partition coefficient (Wildman–Crippen LogP) is 1.43. The Morgan fingerprint density at radius 3 is 2.94 bits per heavy atom. The minimum Gasteiger partial charge on any atom is -0.480 e. The minimum atomic E-state index is 0.280. The molecule has 0 unspecified atom stereocenters. The van der Waals surface area contributed by atoms with Gasteiger partial charge in [0.1, 0.15) is 0 Å². The summed E-state index contributed by atoms with van der Waals surface area (Å²) in [6.07, 6.45) is 4.26. The number of aromatic nitrogens is 4. The Morgan fingerprint density at radius 1 is 1.44 bits per heavy atom. The van der Waals surface area contributed by atoms with Crippen LogP contribution in [0.5, 0.6) is 5.75 Å². The van der Waals surface area contributed by atoms with Crippen molar-refractivity contribution in [1.29, 1.82) is 0 Å². The molecule has 0 spiro atoms. The number of rotatable bonds is 5. The summed E-state index contributed by atoms with van der Waals surface area (Å²) in [4.78, 5) is 4.14. The SMILES string of the molecule is CCc1noc(COc2cnn(CC)c2)n1. The van der Waals surface area contributed by atoms with Gasteiger partial charge in [0.2, 0.25) is 0 Å².